The van der Waals surface area contributed by atoms with Crippen LogP contribution in [0.3, 0.4) is 0 Å². The first kappa shape index (κ1) is 30.4. The SMILES string of the molecule is CC(=O)O[C@@H]1[C@H](C)[C@@H](COP(=O)(N[C@@H](C)C(=O)OC(C)C)Oc2ccccc2)O[C@H]1N1C=CCC(C(=O)O)=C1. The van der Waals surface area contributed by atoms with Gasteiger partial charge in [0, 0.05) is 31.7 Å². The lowest BCUT2D eigenvalue weighted by molar-refractivity contribution is -0.154. The van der Waals surface area contributed by atoms with E-state index in [9.17, 15) is 24.1 Å². The van der Waals surface area contributed by atoms with Crippen LogP contribution in [-0.4, -0.2) is 65.1 Å². The molecule has 2 heterocycles. The largest absolute Gasteiger partial charge is 0.478 e. The molecule has 6 atom stereocenters. The lowest BCUT2D eigenvalue weighted by atomic mass is 10.00. The van der Waals surface area contributed by atoms with Gasteiger partial charge in [-0.25, -0.2) is 9.36 Å². The third-order valence-electron chi connectivity index (χ3n) is 5.93. The van der Waals surface area contributed by atoms with Crippen LogP contribution in [0, 0.1) is 5.92 Å². The number of carboxylic acids is 1. The fourth-order valence-corrected chi connectivity index (χ4v) is 5.53. The number of rotatable bonds is 12. The molecule has 2 aliphatic heterocycles. The second kappa shape index (κ2) is 13.3. The number of carbonyl (C=O) groups is 3. The van der Waals surface area contributed by atoms with Crippen molar-refractivity contribution in [1.82, 2.24) is 9.99 Å². The average Bonchev–Trinajstić information content (AvgIpc) is 3.17. The van der Waals surface area contributed by atoms with Crippen LogP contribution in [0.25, 0.3) is 0 Å². The second-order valence-electron chi connectivity index (χ2n) is 9.53. The lowest BCUT2D eigenvalue weighted by Gasteiger charge is -2.30. The van der Waals surface area contributed by atoms with Crippen molar-refractivity contribution in [2.24, 2.45) is 5.92 Å². The van der Waals surface area contributed by atoms with Gasteiger partial charge in [0.15, 0.2) is 12.3 Å². The summed E-state index contributed by atoms with van der Waals surface area (Å²) in [5.41, 5.74) is 0.141. The zero-order valence-electron chi connectivity index (χ0n) is 22.5. The molecule has 1 aromatic rings. The molecule has 0 aromatic heterocycles. The molecule has 0 saturated carbocycles. The Labute approximate surface area is 227 Å². The van der Waals surface area contributed by atoms with Crippen LogP contribution in [0.4, 0.5) is 0 Å². The first-order valence-electron chi connectivity index (χ1n) is 12.6. The molecule has 2 aliphatic rings. The number of esters is 2. The average molecular weight is 567 g/mol. The Bertz CT molecular complexity index is 1140. The Kier molecular flexibility index (Phi) is 10.3. The van der Waals surface area contributed by atoms with E-state index in [1.807, 2.05) is 0 Å². The molecule has 13 heteroatoms. The standard InChI is InChI=1S/C26H35N2O10P/c1-16(2)35-26(32)18(4)27-39(33,38-21-11-7-6-8-12-21)34-15-22-17(3)23(36-19(5)29)24(37-22)28-13-9-10-20(14-28)25(30)31/h6-9,11-14,16-18,22-24H,10,15H2,1-5H3,(H,27,33)(H,30,31)/t17-,18+,22-,23-,24-,39?/m1/s1. The number of nitrogens with zero attached hydrogens (tertiary/aromatic N) is 1. The molecule has 1 saturated heterocycles. The monoisotopic (exact) mass is 566 g/mol. The van der Waals surface area contributed by atoms with Crippen molar-refractivity contribution in [3.63, 3.8) is 0 Å². The van der Waals surface area contributed by atoms with E-state index in [0.717, 1.165) is 0 Å². The molecule has 12 nitrogen and oxygen atoms in total. The van der Waals surface area contributed by atoms with Crippen molar-refractivity contribution in [3.05, 3.63) is 54.4 Å². The third kappa shape index (κ3) is 8.40. The summed E-state index contributed by atoms with van der Waals surface area (Å²) >= 11 is 0. The van der Waals surface area contributed by atoms with Crippen molar-refractivity contribution >= 4 is 25.7 Å². The highest BCUT2D eigenvalue weighted by atomic mass is 31.2. The molecule has 214 valence electrons. The summed E-state index contributed by atoms with van der Waals surface area (Å²) in [6.07, 6.45) is 2.22. The number of carboxylic acid groups (broad SMARTS) is 1. The van der Waals surface area contributed by atoms with Crippen molar-refractivity contribution in [2.45, 2.75) is 71.6 Å². The summed E-state index contributed by atoms with van der Waals surface area (Å²) in [6.45, 7) is 7.65. The number of ether oxygens (including phenoxy) is 3. The molecule has 1 unspecified atom stereocenters. The van der Waals surface area contributed by atoms with Gasteiger partial charge in [0.05, 0.1) is 24.4 Å². The molecule has 0 aliphatic carbocycles. The van der Waals surface area contributed by atoms with E-state index in [-0.39, 0.29) is 30.5 Å². The van der Waals surface area contributed by atoms with Crippen LogP contribution in [0.2, 0.25) is 0 Å². The maximum Gasteiger partial charge on any atom is 0.459 e. The van der Waals surface area contributed by atoms with E-state index in [2.05, 4.69) is 5.09 Å². The molecule has 39 heavy (non-hydrogen) atoms. The molecule has 1 aromatic carbocycles. The fraction of sp³-hybridized carbons (Fsp3) is 0.500. The van der Waals surface area contributed by atoms with E-state index in [1.165, 1.54) is 24.9 Å². The fourth-order valence-electron chi connectivity index (χ4n) is 4.02. The van der Waals surface area contributed by atoms with Crippen molar-refractivity contribution in [3.8, 4) is 5.75 Å². The van der Waals surface area contributed by atoms with Gasteiger partial charge in [0.25, 0.3) is 0 Å². The van der Waals surface area contributed by atoms with Crippen LogP contribution in [0.15, 0.2) is 54.4 Å². The lowest BCUT2D eigenvalue weighted by Crippen LogP contribution is -2.40. The Morgan fingerprint density at radius 1 is 1.21 bits per heavy atom. The molecule has 3 rings (SSSR count). The van der Waals surface area contributed by atoms with Crippen molar-refractivity contribution in [1.29, 1.82) is 0 Å². The number of benzene rings is 1. The highest BCUT2D eigenvalue weighted by Crippen LogP contribution is 2.46. The predicted octanol–water partition coefficient (Wildman–Crippen LogP) is 3.60. The van der Waals surface area contributed by atoms with Gasteiger partial charge < -0.3 is 28.7 Å². The topological polar surface area (TPSA) is 150 Å². The number of aliphatic carboxylic acids is 1. The van der Waals surface area contributed by atoms with Crippen LogP contribution in [-0.2, 0) is 37.7 Å². The summed E-state index contributed by atoms with van der Waals surface area (Å²) in [4.78, 5) is 37.3. The van der Waals surface area contributed by atoms with Crippen LogP contribution >= 0.6 is 7.75 Å². The van der Waals surface area contributed by atoms with Gasteiger partial charge in [-0.3, -0.25) is 14.1 Å². The summed E-state index contributed by atoms with van der Waals surface area (Å²) in [7, 11) is -4.15. The van der Waals surface area contributed by atoms with Gasteiger partial charge in [-0.15, -0.1) is 0 Å². The maximum atomic E-state index is 13.8. The van der Waals surface area contributed by atoms with E-state index in [4.69, 9.17) is 23.3 Å². The molecule has 0 radical (unpaired) electrons. The summed E-state index contributed by atoms with van der Waals surface area (Å²) in [6, 6.07) is 7.30. The Balaban J connectivity index is 1.79. The quantitative estimate of drug-likeness (QED) is 0.281. The number of allylic oxidation sites excluding steroid dienone is 1. The third-order valence-corrected chi connectivity index (χ3v) is 7.57. The highest BCUT2D eigenvalue weighted by molar-refractivity contribution is 7.52. The summed E-state index contributed by atoms with van der Waals surface area (Å²) in [5.74, 6) is -2.44. The molecular weight excluding hydrogens is 531 g/mol. The van der Waals surface area contributed by atoms with Crippen LogP contribution < -0.4 is 9.61 Å². The molecular formula is C26H35N2O10P. The number of hydrogen-bond acceptors (Lipinski definition) is 10. The molecule has 2 N–H and O–H groups in total. The normalized spacial score (nSPS) is 25.0. The number of hydrogen-bond donors (Lipinski definition) is 2. The van der Waals surface area contributed by atoms with Gasteiger partial charge in [-0.1, -0.05) is 31.2 Å². The highest BCUT2D eigenvalue weighted by Gasteiger charge is 2.47. The Morgan fingerprint density at radius 3 is 2.51 bits per heavy atom. The van der Waals surface area contributed by atoms with Crippen molar-refractivity contribution < 1.29 is 47.3 Å². The first-order valence-corrected chi connectivity index (χ1v) is 14.1. The number of para-hydroxylation sites is 1. The van der Waals surface area contributed by atoms with Gasteiger partial charge in [-0.05, 0) is 32.9 Å². The minimum Gasteiger partial charge on any atom is -0.478 e. The molecule has 0 bridgehead atoms. The van der Waals surface area contributed by atoms with Gasteiger partial charge in [0.2, 0.25) is 0 Å². The smallest absolute Gasteiger partial charge is 0.459 e. The number of carbonyl (C=O) groups excluding carboxylic acids is 2. The molecule has 0 spiro atoms. The first-order chi connectivity index (χ1) is 18.4. The Morgan fingerprint density at radius 2 is 1.90 bits per heavy atom. The summed E-state index contributed by atoms with van der Waals surface area (Å²) < 4.78 is 42.1. The zero-order valence-corrected chi connectivity index (χ0v) is 23.4. The molecule has 0 amide bonds. The minimum atomic E-state index is -4.15. The van der Waals surface area contributed by atoms with Gasteiger partial charge >= 0.3 is 25.7 Å². The zero-order chi connectivity index (χ0) is 28.7. The van der Waals surface area contributed by atoms with Crippen LogP contribution in [0.1, 0.15) is 41.0 Å². The maximum absolute atomic E-state index is 13.8. The van der Waals surface area contributed by atoms with Gasteiger partial charge in [0.1, 0.15) is 11.8 Å². The van der Waals surface area contributed by atoms with Crippen LogP contribution in [0.5, 0.6) is 5.75 Å². The van der Waals surface area contributed by atoms with E-state index < -0.39 is 56.0 Å². The van der Waals surface area contributed by atoms with Gasteiger partial charge in [-0.2, -0.15) is 5.09 Å². The Hall–Kier alpha value is -3.18. The summed E-state index contributed by atoms with van der Waals surface area (Å²) in [5, 5.41) is 12.0. The number of nitrogens with one attached hydrogen (secondary N) is 1. The van der Waals surface area contributed by atoms with E-state index >= 15 is 0 Å². The predicted molar refractivity (Wildman–Crippen MR) is 139 cm³/mol. The second-order valence-corrected chi connectivity index (χ2v) is 11.2. The van der Waals surface area contributed by atoms with Crippen molar-refractivity contribution in [2.75, 3.05) is 6.61 Å². The minimum absolute atomic E-state index is 0.141. The molecule has 1 fully saturated rings. The van der Waals surface area contributed by atoms with E-state index in [1.54, 1.807) is 63.4 Å². The van der Waals surface area contributed by atoms with E-state index in [0.29, 0.717) is 0 Å².